The van der Waals surface area contributed by atoms with Crippen LogP contribution in [-0.2, 0) is 65.7 Å². The Morgan fingerprint density at radius 1 is 0.479 bits per heavy atom. The van der Waals surface area contributed by atoms with Crippen LogP contribution >= 0.6 is 45.3 Å². The number of pyridine rings is 1. The van der Waals surface area contributed by atoms with E-state index < -0.39 is 47.2 Å². The number of nitrogens with one attached hydrogen (secondary N) is 2. The minimum atomic E-state index is -0.840. The summed E-state index contributed by atoms with van der Waals surface area (Å²) in [7, 11) is 0. The van der Waals surface area contributed by atoms with Gasteiger partial charge in [-0.3, -0.25) is 38.4 Å². The molecule has 0 unspecified atom stereocenters. The molecule has 6 atom stereocenters. The normalized spacial score (nSPS) is 14.9. The number of aryl methyl sites for hydroxylation is 7. The Balaban J connectivity index is 0.000000155. The molecule has 0 bridgehead atoms. The molecule has 8 heterocycles. The highest BCUT2D eigenvalue weighted by Gasteiger charge is 2.46. The smallest absolute Gasteiger partial charge is 0.246 e. The highest BCUT2D eigenvalue weighted by Crippen LogP contribution is 2.50. The number of carbonyl (C=O) groups excluding carboxylic acids is 6. The van der Waals surface area contributed by atoms with Gasteiger partial charge in [-0.1, -0.05) is 159 Å². The number of nitrogens with zero attached hydrogens (tertiary/aromatic N) is 7. The Bertz CT molecular complexity index is 6920. The molecule has 2 aliphatic heterocycles. The van der Waals surface area contributed by atoms with Crippen molar-refractivity contribution in [3.8, 4) is 99.0 Å². The number of aromatic nitrogens is 5. The summed E-state index contributed by atoms with van der Waals surface area (Å²) in [5, 5.41) is 52.5. The first-order chi connectivity index (χ1) is 70.1. The lowest BCUT2D eigenvalue weighted by Crippen LogP contribution is -2.57. The maximum atomic E-state index is 13.8. The summed E-state index contributed by atoms with van der Waals surface area (Å²) in [5.41, 5.74) is 15.6. The van der Waals surface area contributed by atoms with E-state index in [1.807, 2.05) is 238 Å². The number of unbranched alkanes of at least 4 members (excludes halogenated alkanes) is 1. The largest absolute Gasteiger partial charge is 0.508 e. The van der Waals surface area contributed by atoms with Gasteiger partial charge in [0.1, 0.15) is 71.4 Å². The highest BCUT2D eigenvalue weighted by molar-refractivity contribution is 7.23. The fraction of sp³-hybridized carbons (Fsp3) is 0.328. The van der Waals surface area contributed by atoms with Gasteiger partial charge in [0.2, 0.25) is 23.6 Å². The van der Waals surface area contributed by atoms with Crippen LogP contribution in [0.4, 0.5) is 8.78 Å². The summed E-state index contributed by atoms with van der Waals surface area (Å²) >= 11 is 6.19. The Hall–Kier alpha value is -13.7. The number of carbonyl (C=O) groups is 6. The number of benzene rings is 9. The van der Waals surface area contributed by atoms with Crippen molar-refractivity contribution in [2.24, 2.45) is 10.8 Å². The Morgan fingerprint density at radius 2 is 0.932 bits per heavy atom. The fourth-order valence-electron chi connectivity index (χ4n) is 17.2. The Labute approximate surface area is 866 Å². The summed E-state index contributed by atoms with van der Waals surface area (Å²) < 4.78 is 59.8. The second kappa shape index (κ2) is 50.4. The average Bonchev–Trinajstić information content (AvgIpc) is 1.64. The van der Waals surface area contributed by atoms with Crippen molar-refractivity contribution >= 4 is 101 Å². The van der Waals surface area contributed by atoms with Crippen LogP contribution in [-0.4, -0.2) is 166 Å². The van der Waals surface area contributed by atoms with E-state index in [1.54, 1.807) is 77.4 Å². The van der Waals surface area contributed by atoms with E-state index in [0.717, 1.165) is 138 Å². The summed E-state index contributed by atoms with van der Waals surface area (Å²) in [6, 6.07) is 65.3. The van der Waals surface area contributed by atoms with E-state index in [4.69, 9.17) is 23.7 Å². The number of hydrogen-bond acceptors (Lipinski definition) is 23. The van der Waals surface area contributed by atoms with E-state index in [1.165, 1.54) is 62.3 Å². The molecule has 6 N–H and O–H groups in total. The number of likely N-dealkylation sites (tertiary alicyclic amines) is 2. The van der Waals surface area contributed by atoms with Crippen LogP contribution in [0.5, 0.6) is 46.0 Å². The predicted molar refractivity (Wildman–Crippen MR) is 574 cm³/mol. The molecular weight excluding hydrogens is 1930 g/mol. The average molecular weight is 2050 g/mol. The molecule has 9 aromatic carbocycles. The van der Waals surface area contributed by atoms with Crippen LogP contribution in [0.3, 0.4) is 0 Å². The number of halogens is 2. The van der Waals surface area contributed by atoms with E-state index in [2.05, 4.69) is 49.7 Å². The number of aliphatic hydroxyl groups is 2. The zero-order valence-corrected chi connectivity index (χ0v) is 87.4. The fourth-order valence-corrected chi connectivity index (χ4v) is 21.2. The van der Waals surface area contributed by atoms with Crippen LogP contribution in [0.2, 0.25) is 0 Å². The second-order valence-electron chi connectivity index (χ2n) is 38.4. The third-order valence-electron chi connectivity index (χ3n) is 25.2. The van der Waals surface area contributed by atoms with Crippen LogP contribution in [0.15, 0.2) is 248 Å². The number of fused-ring (bicyclic) bond motifs is 2. The zero-order valence-electron chi connectivity index (χ0n) is 84.2. The third-order valence-corrected chi connectivity index (χ3v) is 29.5. The van der Waals surface area contributed by atoms with Gasteiger partial charge in [0.15, 0.2) is 23.1 Å². The number of phenolic OH excluding ortho intramolecular Hbond substituents is 2. The lowest BCUT2D eigenvalue weighted by molar-refractivity contribution is -0.144. The van der Waals surface area contributed by atoms with Crippen molar-refractivity contribution in [2.45, 2.75) is 197 Å². The molecule has 2 fully saturated rings. The van der Waals surface area contributed by atoms with Gasteiger partial charge in [-0.25, -0.2) is 18.7 Å². The van der Waals surface area contributed by atoms with E-state index in [-0.39, 0.29) is 110 Å². The van der Waals surface area contributed by atoms with E-state index in [0.29, 0.717) is 68.6 Å². The van der Waals surface area contributed by atoms with Gasteiger partial charge in [0.25, 0.3) is 0 Å². The van der Waals surface area contributed by atoms with Crippen molar-refractivity contribution in [3.05, 3.63) is 299 Å². The molecule has 15 aromatic rings. The maximum Gasteiger partial charge on any atom is 0.246 e. The number of β-amino-alcohol motifs (C(OH)–C–C–N with tert-alkyl or cyclic N) is 2. The maximum absolute atomic E-state index is 13.8. The number of ketones is 2. The SMILES string of the molecule is CCCCOCC(=O)N[C@H](C(=O)N1C[C@H](O)C[C@H]1C(=O)CCc1ccc(-c2scnc2C)cc1)C(C)(C)C.CCOc1ccc(-c2ccc(Oc3c(-c4ccc(F)cc4)sc4cc(O)ccc34)cc2)nc1.CCc1cccc(CCC(=O)N[C@H](C(=O)N2C[C@H](O)C[C@H]2C(=O)CCc2ccc(-c3scnc3C)cc2)C(C)(C)C)c1.Cc1ccn(CCOc2ccc(Oc3c(-c4ccc(F)cc4)sc4cc(O)ccc34)cc2)n1. The van der Waals surface area contributed by atoms with Crippen molar-refractivity contribution in [1.82, 2.24) is 45.2 Å². The lowest BCUT2D eigenvalue weighted by Gasteiger charge is -2.35. The van der Waals surface area contributed by atoms with Crippen LogP contribution in [0.25, 0.3) is 73.2 Å². The first-order valence-electron chi connectivity index (χ1n) is 49.2. The molecule has 2 aliphatic rings. The summed E-state index contributed by atoms with van der Waals surface area (Å²) in [5.74, 6) is 2.55. The van der Waals surface area contributed by atoms with E-state index in [9.17, 15) is 58.0 Å². The molecule has 762 valence electrons. The zero-order chi connectivity index (χ0) is 104. The molecule has 2 saturated heterocycles. The Kier molecular flexibility index (Phi) is 37.3. The number of amides is 4. The summed E-state index contributed by atoms with van der Waals surface area (Å²) in [6.07, 6.45) is 7.75. The number of aliphatic hydroxyl groups excluding tert-OH is 2. The molecule has 0 saturated carbocycles. The van der Waals surface area contributed by atoms with Crippen molar-refractivity contribution in [1.29, 1.82) is 0 Å². The van der Waals surface area contributed by atoms with Crippen LogP contribution in [0, 0.1) is 43.2 Å². The number of phenols is 2. The number of ether oxygens (including phenoxy) is 5. The molecule has 17 rings (SSSR count). The van der Waals surface area contributed by atoms with Crippen molar-refractivity contribution in [3.63, 3.8) is 0 Å². The molecule has 0 spiro atoms. The quantitative estimate of drug-likeness (QED) is 0.0199. The predicted octanol–water partition coefficient (Wildman–Crippen LogP) is 23.7. The molecular formula is C116H125F2N9O15S4. The molecule has 0 radical (unpaired) electrons. The van der Waals surface area contributed by atoms with Gasteiger partial charge >= 0.3 is 0 Å². The van der Waals surface area contributed by atoms with Gasteiger partial charge in [-0.05, 0) is 243 Å². The molecule has 146 heavy (non-hydrogen) atoms. The standard InChI is InChI=1S/C34H43N3O4S.C29H41N3O5S.C27H20FNO3S.C26H21FN2O3S/c1-6-23-8-7-9-25(18-23)13-17-30(40)36-32(34(3,4)5)33(41)37-20-27(38)19-28(37)29(39)16-12-24-10-14-26(15-11-24)31-22(2)35-21-42-31;1-6-7-14-37-17-25(35)31-27(29(3,4)5)28(36)32-16-22(33)15-23(32)24(34)13-10-20-8-11-21(12-9-20)26-19(2)30-18-38-26;1-2-31-22-12-14-24(29-16-22)17-5-10-21(11-6-17)32-26-23-13-9-20(30)15-25(23)33-27(26)18-3-7-19(28)8-4-18;1-17-12-13-29(28-17)14-15-31-21-7-9-22(10-8-21)32-25-23-11-6-20(30)16-24(23)33-26(25)18-2-4-19(27)5-3-18/h7-11,14-15,18,21,27-28,32,38H,6,12-13,16-17,19-20H2,1-5H3,(H,36,40);8-9,11-12,18,22-23,27,33H,6-7,10,13-17H2,1-5H3,(H,31,35);3-16,30H,2H2,1H3;2-13,16,30H,14-15H2,1H3/t27-,28+,32-;22-,23+,27-;;/m11../s1. The minimum absolute atomic E-state index is 0.0722. The topological polar surface area (TPSA) is 317 Å². The summed E-state index contributed by atoms with van der Waals surface area (Å²) in [6.45, 7) is 25.6. The van der Waals surface area contributed by atoms with Crippen molar-refractivity contribution < 1.29 is 81.7 Å². The first-order valence-corrected chi connectivity index (χ1v) is 52.6. The molecule has 30 heteroatoms. The second-order valence-corrected chi connectivity index (χ2v) is 42.3. The molecule has 24 nitrogen and oxygen atoms in total. The number of thiophene rings is 2. The van der Waals surface area contributed by atoms with Crippen molar-refractivity contribution in [2.75, 3.05) is 39.5 Å². The molecule has 0 aliphatic carbocycles. The number of Topliss-reactive ketones (excluding diaryl/α,β-unsaturated/α-hetero) is 2. The van der Waals surface area contributed by atoms with Gasteiger partial charge in [-0.15, -0.1) is 45.3 Å². The lowest BCUT2D eigenvalue weighted by atomic mass is 9.85. The number of aromatic hydroxyl groups is 2. The van der Waals surface area contributed by atoms with Crippen LogP contribution in [0.1, 0.15) is 147 Å². The van der Waals surface area contributed by atoms with Gasteiger partial charge < -0.3 is 64.5 Å². The number of thiazole rings is 2. The number of hydrogen-bond donors (Lipinski definition) is 6. The monoisotopic (exact) mass is 2050 g/mol. The molecule has 4 amide bonds. The van der Waals surface area contributed by atoms with Gasteiger partial charge in [0, 0.05) is 83.7 Å². The Morgan fingerprint density at radius 3 is 1.38 bits per heavy atom. The van der Waals surface area contributed by atoms with Gasteiger partial charge in [-0.2, -0.15) is 5.10 Å². The third kappa shape index (κ3) is 29.2. The first kappa shape index (κ1) is 108. The minimum Gasteiger partial charge on any atom is -0.508 e. The van der Waals surface area contributed by atoms with Crippen LogP contribution < -0.4 is 29.6 Å². The number of rotatable bonds is 36. The van der Waals surface area contributed by atoms with E-state index >= 15 is 0 Å². The molecule has 6 aromatic heterocycles. The highest BCUT2D eigenvalue weighted by atomic mass is 32.1. The summed E-state index contributed by atoms with van der Waals surface area (Å²) in [4.78, 5) is 99.6. The van der Waals surface area contributed by atoms with Gasteiger partial charge in [0.05, 0.1) is 96.9 Å².